The summed E-state index contributed by atoms with van der Waals surface area (Å²) in [5.74, 6) is -0.0736. The van der Waals surface area contributed by atoms with Crippen molar-refractivity contribution in [3.63, 3.8) is 0 Å². The molecule has 0 unspecified atom stereocenters. The lowest BCUT2D eigenvalue weighted by Gasteiger charge is -2.21. The number of fused-ring (bicyclic) bond motifs is 1. The van der Waals surface area contributed by atoms with E-state index in [1.807, 2.05) is 0 Å². The summed E-state index contributed by atoms with van der Waals surface area (Å²) in [4.78, 5) is 21.1. The van der Waals surface area contributed by atoms with Gasteiger partial charge >= 0.3 is 0 Å². The summed E-state index contributed by atoms with van der Waals surface area (Å²) in [5, 5.41) is 19.6. The number of H-pyrrole nitrogens is 2. The maximum atomic E-state index is 11.9. The second-order valence-corrected chi connectivity index (χ2v) is 5.49. The molecule has 4 atom stereocenters. The molecular weight excluding hydrogens is 326 g/mol. The molecule has 23 heavy (non-hydrogen) atoms. The number of ether oxygens (including phenoxy) is 2. The molecule has 0 aliphatic carbocycles. The summed E-state index contributed by atoms with van der Waals surface area (Å²) in [6, 6.07) is 0. The fourth-order valence-corrected chi connectivity index (χ4v) is 3.01. The van der Waals surface area contributed by atoms with Crippen molar-refractivity contribution >= 4 is 29.3 Å². The van der Waals surface area contributed by atoms with Crippen molar-refractivity contribution in [2.45, 2.75) is 31.5 Å². The van der Waals surface area contributed by atoms with Crippen LogP contribution in [0.3, 0.4) is 0 Å². The van der Waals surface area contributed by atoms with E-state index in [2.05, 4.69) is 15.0 Å². The Morgan fingerprint density at radius 1 is 1.52 bits per heavy atom. The number of aromatic nitrogens is 4. The monoisotopic (exact) mass is 343 g/mol. The number of aliphatic hydroxyl groups is 2. The molecule has 2 aromatic heterocycles. The summed E-state index contributed by atoms with van der Waals surface area (Å²) in [6.07, 6.45) is -3.50. The van der Waals surface area contributed by atoms with Gasteiger partial charge in [-0.1, -0.05) is 0 Å². The van der Waals surface area contributed by atoms with Crippen LogP contribution in [0, 0.1) is 4.77 Å². The second-order valence-electron chi connectivity index (χ2n) is 5.11. The van der Waals surface area contributed by atoms with Gasteiger partial charge in [0.25, 0.3) is 5.56 Å². The molecule has 3 rings (SSSR count). The molecule has 126 valence electrons. The minimum atomic E-state index is -1.05. The molecule has 2 aromatic rings. The van der Waals surface area contributed by atoms with Crippen LogP contribution in [0.4, 0.5) is 5.95 Å². The zero-order chi connectivity index (χ0) is 16.7. The SMILES string of the molecule is CCO[C@@H]1[C@H](O)[C@@H](CO)O[C@H]1n1c(=S)[nH]c2c(=O)[nH]c(N)nc21. The van der Waals surface area contributed by atoms with Gasteiger partial charge in [0.1, 0.15) is 18.3 Å². The van der Waals surface area contributed by atoms with Crippen LogP contribution >= 0.6 is 12.2 Å². The molecule has 0 spiro atoms. The molecule has 11 heteroatoms. The maximum absolute atomic E-state index is 11.9. The van der Waals surface area contributed by atoms with E-state index in [1.54, 1.807) is 6.92 Å². The number of nitrogens with one attached hydrogen (secondary N) is 2. The number of nitrogen functional groups attached to an aromatic ring is 1. The smallest absolute Gasteiger partial charge is 0.278 e. The van der Waals surface area contributed by atoms with Gasteiger partial charge in [-0.2, -0.15) is 4.98 Å². The predicted molar refractivity (Wildman–Crippen MR) is 82.4 cm³/mol. The number of hydrogen-bond acceptors (Lipinski definition) is 8. The molecule has 6 N–H and O–H groups in total. The van der Waals surface area contributed by atoms with Crippen molar-refractivity contribution in [2.75, 3.05) is 18.9 Å². The highest BCUT2D eigenvalue weighted by molar-refractivity contribution is 7.71. The lowest BCUT2D eigenvalue weighted by molar-refractivity contribution is -0.0682. The number of nitrogens with two attached hydrogens (primary N) is 1. The number of aliphatic hydroxyl groups excluding tert-OH is 2. The standard InChI is InChI=1S/C12H17N5O5S/c1-2-21-7-6(19)4(3-18)22-10(7)17-8-5(14-12(17)23)9(20)16-11(13)15-8/h4,6-7,10,18-19H,2-3H2,1H3,(H,14,23)(H3,13,15,16,20)/t4-,6-,7-,10-/m1/s1. The Hall–Kier alpha value is -1.79. The van der Waals surface area contributed by atoms with Gasteiger partial charge in [0.05, 0.1) is 6.61 Å². The predicted octanol–water partition coefficient (Wildman–Crippen LogP) is -0.980. The van der Waals surface area contributed by atoms with Crippen LogP contribution in [0.2, 0.25) is 0 Å². The highest BCUT2D eigenvalue weighted by Crippen LogP contribution is 2.33. The van der Waals surface area contributed by atoms with E-state index in [9.17, 15) is 15.0 Å². The average molecular weight is 343 g/mol. The number of anilines is 1. The van der Waals surface area contributed by atoms with Gasteiger partial charge in [-0.05, 0) is 19.1 Å². The first-order chi connectivity index (χ1) is 11.0. The topological polar surface area (TPSA) is 151 Å². The summed E-state index contributed by atoms with van der Waals surface area (Å²) >= 11 is 5.24. The number of rotatable bonds is 4. The van der Waals surface area contributed by atoms with Crippen LogP contribution in [0.5, 0.6) is 0 Å². The summed E-state index contributed by atoms with van der Waals surface area (Å²) in [5.41, 5.74) is 5.45. The molecule has 1 fully saturated rings. The maximum Gasteiger partial charge on any atom is 0.278 e. The third-order valence-electron chi connectivity index (χ3n) is 3.70. The highest BCUT2D eigenvalue weighted by atomic mass is 32.1. The van der Waals surface area contributed by atoms with Crippen LogP contribution in [0.15, 0.2) is 4.79 Å². The Kier molecular flexibility index (Phi) is 4.21. The van der Waals surface area contributed by atoms with E-state index in [1.165, 1.54) is 4.57 Å². The number of nitrogens with zero attached hydrogens (tertiary/aromatic N) is 2. The van der Waals surface area contributed by atoms with Gasteiger partial charge in [-0.15, -0.1) is 0 Å². The molecule has 10 nitrogen and oxygen atoms in total. The Morgan fingerprint density at radius 2 is 2.26 bits per heavy atom. The average Bonchev–Trinajstić information content (AvgIpc) is 2.98. The van der Waals surface area contributed by atoms with Crippen LogP contribution in [0.25, 0.3) is 11.2 Å². The van der Waals surface area contributed by atoms with Gasteiger partial charge in [-0.25, -0.2) is 0 Å². The van der Waals surface area contributed by atoms with Crippen molar-refractivity contribution < 1.29 is 19.7 Å². The molecule has 3 heterocycles. The van der Waals surface area contributed by atoms with Crippen LogP contribution in [-0.4, -0.2) is 61.3 Å². The molecule has 1 aliphatic heterocycles. The molecule has 0 radical (unpaired) electrons. The Bertz CT molecular complexity index is 829. The zero-order valence-corrected chi connectivity index (χ0v) is 13.0. The minimum Gasteiger partial charge on any atom is -0.394 e. The lowest BCUT2D eigenvalue weighted by atomic mass is 10.1. The summed E-state index contributed by atoms with van der Waals surface area (Å²) in [7, 11) is 0. The van der Waals surface area contributed by atoms with Gasteiger partial charge < -0.3 is 30.4 Å². The lowest BCUT2D eigenvalue weighted by Crippen LogP contribution is -2.35. The van der Waals surface area contributed by atoms with E-state index in [4.69, 9.17) is 27.4 Å². The van der Waals surface area contributed by atoms with Crippen LogP contribution < -0.4 is 11.3 Å². The Morgan fingerprint density at radius 3 is 2.91 bits per heavy atom. The quantitative estimate of drug-likeness (QED) is 0.444. The number of imidazole rings is 1. The molecule has 1 saturated heterocycles. The van der Waals surface area contributed by atoms with Crippen LogP contribution in [-0.2, 0) is 9.47 Å². The van der Waals surface area contributed by atoms with E-state index >= 15 is 0 Å². The first-order valence-corrected chi connectivity index (χ1v) is 7.44. The molecule has 0 saturated carbocycles. The minimum absolute atomic E-state index is 0.0736. The fourth-order valence-electron chi connectivity index (χ4n) is 2.71. The van der Waals surface area contributed by atoms with Gasteiger partial charge in [0.15, 0.2) is 22.2 Å². The van der Waals surface area contributed by atoms with Gasteiger partial charge in [0, 0.05) is 6.61 Å². The third-order valence-corrected chi connectivity index (χ3v) is 4.00. The largest absolute Gasteiger partial charge is 0.394 e. The highest BCUT2D eigenvalue weighted by Gasteiger charge is 2.46. The third kappa shape index (κ3) is 2.56. The van der Waals surface area contributed by atoms with E-state index in [0.29, 0.717) is 6.61 Å². The van der Waals surface area contributed by atoms with Crippen molar-refractivity contribution in [2.24, 2.45) is 0 Å². The van der Waals surface area contributed by atoms with Crippen molar-refractivity contribution in [3.8, 4) is 0 Å². The Labute approximate surface area is 134 Å². The fraction of sp³-hybridized carbons (Fsp3) is 0.583. The van der Waals surface area contributed by atoms with Crippen LogP contribution in [0.1, 0.15) is 13.2 Å². The molecule has 0 amide bonds. The second kappa shape index (κ2) is 6.02. The molecular formula is C12H17N5O5S. The van der Waals surface area contributed by atoms with Crippen molar-refractivity contribution in [1.29, 1.82) is 0 Å². The molecule has 0 bridgehead atoms. The van der Waals surface area contributed by atoms with Crippen molar-refractivity contribution in [1.82, 2.24) is 19.5 Å². The van der Waals surface area contributed by atoms with Gasteiger partial charge in [-0.3, -0.25) is 14.3 Å². The first-order valence-electron chi connectivity index (χ1n) is 7.04. The number of aromatic amines is 2. The zero-order valence-electron chi connectivity index (χ0n) is 12.2. The van der Waals surface area contributed by atoms with Gasteiger partial charge in [0.2, 0.25) is 5.95 Å². The van der Waals surface area contributed by atoms with Crippen molar-refractivity contribution in [3.05, 3.63) is 15.1 Å². The normalized spacial score (nSPS) is 27.8. The molecule has 1 aliphatic rings. The summed E-state index contributed by atoms with van der Waals surface area (Å²) in [6.45, 7) is 1.71. The van der Waals surface area contributed by atoms with E-state index < -0.39 is 30.1 Å². The van der Waals surface area contributed by atoms with E-state index in [0.717, 1.165) is 0 Å². The van der Waals surface area contributed by atoms with E-state index in [-0.39, 0.29) is 28.5 Å². The molecule has 0 aromatic carbocycles. The first kappa shape index (κ1) is 16.1. The Balaban J connectivity index is 2.17. The summed E-state index contributed by atoms with van der Waals surface area (Å²) < 4.78 is 12.8. The number of hydrogen-bond donors (Lipinski definition) is 5.